The fourth-order valence-electron chi connectivity index (χ4n) is 1.89. The van der Waals surface area contributed by atoms with Gasteiger partial charge in [0.15, 0.2) is 0 Å². The van der Waals surface area contributed by atoms with E-state index in [9.17, 15) is 4.79 Å². The molecule has 0 aromatic heterocycles. The highest BCUT2D eigenvalue weighted by molar-refractivity contribution is 5.90. The van der Waals surface area contributed by atoms with Crippen LogP contribution in [0.25, 0.3) is 11.6 Å². The Morgan fingerprint density at radius 2 is 1.55 bits per heavy atom. The molecule has 20 heavy (non-hydrogen) atoms. The van der Waals surface area contributed by atoms with Gasteiger partial charge in [-0.2, -0.15) is 0 Å². The van der Waals surface area contributed by atoms with Gasteiger partial charge in [-0.05, 0) is 17.2 Å². The van der Waals surface area contributed by atoms with Crippen molar-refractivity contribution in [3.05, 3.63) is 84.1 Å². The first-order valence-corrected chi connectivity index (χ1v) is 6.36. The molecule has 0 aliphatic heterocycles. The number of esters is 1. The molecule has 0 N–H and O–H groups in total. The largest absolute Gasteiger partial charge is 0.427 e. The maximum atomic E-state index is 11.1. The Hall–Kier alpha value is -2.61. The zero-order valence-electron chi connectivity index (χ0n) is 11.4. The van der Waals surface area contributed by atoms with Crippen LogP contribution in [0.3, 0.4) is 0 Å². The number of carbonyl (C=O) groups is 1. The number of hydrogen-bond acceptors (Lipinski definition) is 2. The van der Waals surface area contributed by atoms with Gasteiger partial charge in [0.25, 0.3) is 0 Å². The highest BCUT2D eigenvalue weighted by Gasteiger charge is 2.09. The number of carbonyl (C=O) groups excluding carboxylic acids is 1. The number of hydrogen-bond donors (Lipinski definition) is 0. The highest BCUT2D eigenvalue weighted by atomic mass is 16.5. The fraction of sp³-hybridized carbons (Fsp3) is 0.0556. The van der Waals surface area contributed by atoms with E-state index in [1.54, 1.807) is 0 Å². The Balaban J connectivity index is 2.42. The molecule has 2 heteroatoms. The second-order valence-corrected chi connectivity index (χ2v) is 4.35. The van der Waals surface area contributed by atoms with Gasteiger partial charge in [0, 0.05) is 12.5 Å². The lowest BCUT2D eigenvalue weighted by molar-refractivity contribution is -0.136. The van der Waals surface area contributed by atoms with Gasteiger partial charge in [0.05, 0.1) is 0 Å². The molecule has 0 bridgehead atoms. The van der Waals surface area contributed by atoms with Crippen LogP contribution in [0.15, 0.2) is 73.0 Å². The molecule has 0 aliphatic carbocycles. The topological polar surface area (TPSA) is 26.3 Å². The summed E-state index contributed by atoms with van der Waals surface area (Å²) in [6.45, 7) is 5.23. The molecule has 100 valence electrons. The molecule has 0 spiro atoms. The van der Waals surface area contributed by atoms with E-state index in [2.05, 4.69) is 6.58 Å². The smallest absolute Gasteiger partial charge is 0.308 e. The average Bonchev–Trinajstić information content (AvgIpc) is 2.46. The van der Waals surface area contributed by atoms with Gasteiger partial charge in [-0.1, -0.05) is 67.2 Å². The van der Waals surface area contributed by atoms with Crippen molar-refractivity contribution in [2.45, 2.75) is 6.92 Å². The normalized spacial score (nSPS) is 10.9. The molecule has 0 atom stereocenters. The van der Waals surface area contributed by atoms with Crippen LogP contribution in [-0.4, -0.2) is 5.97 Å². The van der Waals surface area contributed by atoms with Gasteiger partial charge in [-0.15, -0.1) is 0 Å². The van der Waals surface area contributed by atoms with E-state index in [4.69, 9.17) is 4.74 Å². The molecule has 2 rings (SSSR count). The molecule has 0 fully saturated rings. The molecule has 0 unspecified atom stereocenters. The monoisotopic (exact) mass is 264 g/mol. The minimum absolute atomic E-state index is 0.354. The van der Waals surface area contributed by atoms with E-state index in [-0.39, 0.29) is 5.97 Å². The summed E-state index contributed by atoms with van der Waals surface area (Å²) in [5, 5.41) is 0. The van der Waals surface area contributed by atoms with Crippen LogP contribution in [0.1, 0.15) is 18.1 Å². The van der Waals surface area contributed by atoms with Crippen molar-refractivity contribution in [2.24, 2.45) is 0 Å². The van der Waals surface area contributed by atoms with Crippen molar-refractivity contribution >= 4 is 17.6 Å². The Morgan fingerprint density at radius 3 is 2.10 bits per heavy atom. The van der Waals surface area contributed by atoms with E-state index in [1.165, 1.54) is 6.92 Å². The Morgan fingerprint density at radius 1 is 1.00 bits per heavy atom. The molecule has 2 aromatic carbocycles. The van der Waals surface area contributed by atoms with Crippen LogP contribution < -0.4 is 0 Å². The molecule has 2 aromatic rings. The van der Waals surface area contributed by atoms with Crippen LogP contribution in [0, 0.1) is 0 Å². The summed E-state index contributed by atoms with van der Waals surface area (Å²) in [4.78, 5) is 11.1. The first-order chi connectivity index (χ1) is 9.66. The third-order valence-electron chi connectivity index (χ3n) is 2.76. The fourth-order valence-corrected chi connectivity index (χ4v) is 1.89. The maximum Gasteiger partial charge on any atom is 0.308 e. The summed E-state index contributed by atoms with van der Waals surface area (Å²) in [7, 11) is 0. The average molecular weight is 264 g/mol. The van der Waals surface area contributed by atoms with E-state index < -0.39 is 0 Å². The quantitative estimate of drug-likeness (QED) is 0.356. The van der Waals surface area contributed by atoms with Gasteiger partial charge in [0.1, 0.15) is 5.76 Å². The van der Waals surface area contributed by atoms with Crippen LogP contribution in [0.5, 0.6) is 0 Å². The lowest BCUT2D eigenvalue weighted by Crippen LogP contribution is -2.00. The van der Waals surface area contributed by atoms with E-state index in [0.717, 1.165) is 16.7 Å². The number of ether oxygens (including phenoxy) is 1. The molecule has 0 saturated carbocycles. The Bertz CT molecular complexity index is 625. The van der Waals surface area contributed by atoms with E-state index in [1.807, 2.05) is 66.7 Å². The first kappa shape index (κ1) is 13.8. The van der Waals surface area contributed by atoms with Gasteiger partial charge >= 0.3 is 5.97 Å². The van der Waals surface area contributed by atoms with Crippen LogP contribution in [-0.2, 0) is 9.53 Å². The molecule has 0 saturated heterocycles. The number of benzene rings is 2. The van der Waals surface area contributed by atoms with Gasteiger partial charge in [-0.25, -0.2) is 0 Å². The van der Waals surface area contributed by atoms with Crippen LogP contribution in [0.4, 0.5) is 0 Å². The zero-order valence-corrected chi connectivity index (χ0v) is 11.4. The number of rotatable bonds is 4. The predicted molar refractivity (Wildman–Crippen MR) is 81.7 cm³/mol. The Labute approximate surface area is 119 Å². The van der Waals surface area contributed by atoms with Crippen molar-refractivity contribution in [3.8, 4) is 0 Å². The zero-order chi connectivity index (χ0) is 14.4. The summed E-state index contributed by atoms with van der Waals surface area (Å²) in [6, 6.07) is 19.6. The van der Waals surface area contributed by atoms with Crippen molar-refractivity contribution < 1.29 is 9.53 Å². The third-order valence-corrected chi connectivity index (χ3v) is 2.76. The van der Waals surface area contributed by atoms with Gasteiger partial charge in [0.2, 0.25) is 0 Å². The van der Waals surface area contributed by atoms with E-state index >= 15 is 0 Å². The first-order valence-electron chi connectivity index (χ1n) is 6.36. The van der Waals surface area contributed by atoms with E-state index in [0.29, 0.717) is 5.76 Å². The summed E-state index contributed by atoms with van der Waals surface area (Å²) in [5.41, 5.74) is 2.79. The predicted octanol–water partition coefficient (Wildman–Crippen LogP) is 4.30. The molecule has 0 radical (unpaired) electrons. The molecule has 0 aliphatic rings. The van der Waals surface area contributed by atoms with Crippen LogP contribution >= 0.6 is 0 Å². The highest BCUT2D eigenvalue weighted by Crippen LogP contribution is 2.25. The summed E-state index contributed by atoms with van der Waals surface area (Å²) in [5.74, 6) is -0.0163. The molecule has 2 nitrogen and oxygen atoms in total. The summed E-state index contributed by atoms with van der Waals surface area (Å²) < 4.78 is 5.14. The second kappa shape index (κ2) is 6.53. The van der Waals surface area contributed by atoms with Crippen molar-refractivity contribution in [1.29, 1.82) is 0 Å². The van der Waals surface area contributed by atoms with Crippen molar-refractivity contribution in [2.75, 3.05) is 0 Å². The minimum atomic E-state index is -0.370. The van der Waals surface area contributed by atoms with Crippen LogP contribution in [0.2, 0.25) is 0 Å². The molecular weight excluding hydrogens is 248 g/mol. The summed E-state index contributed by atoms with van der Waals surface area (Å²) >= 11 is 0. The molecular formula is C18H16O2. The second-order valence-electron chi connectivity index (χ2n) is 4.35. The van der Waals surface area contributed by atoms with Crippen molar-refractivity contribution in [3.63, 3.8) is 0 Å². The van der Waals surface area contributed by atoms with Gasteiger partial charge in [-0.3, -0.25) is 4.79 Å². The van der Waals surface area contributed by atoms with Crippen molar-refractivity contribution in [1.82, 2.24) is 0 Å². The van der Waals surface area contributed by atoms with Gasteiger partial charge < -0.3 is 4.74 Å². The molecule has 0 amide bonds. The minimum Gasteiger partial charge on any atom is -0.427 e. The molecule has 0 heterocycles. The SMILES string of the molecule is C=C(OC(C)=O)/C(=C\c1ccccc1)c1ccccc1. The number of allylic oxidation sites excluding steroid dienone is 1. The third kappa shape index (κ3) is 3.69. The lowest BCUT2D eigenvalue weighted by atomic mass is 10.0. The lowest BCUT2D eigenvalue weighted by Gasteiger charge is -2.11. The summed E-state index contributed by atoms with van der Waals surface area (Å²) in [6.07, 6.45) is 1.96. The standard InChI is InChI=1S/C18H16O2/c1-14(20-15(2)19)18(17-11-7-4-8-12-17)13-16-9-5-3-6-10-16/h3-13H,1H2,2H3/b18-13+. The maximum absolute atomic E-state index is 11.1. The Kier molecular flexibility index (Phi) is 4.51.